The van der Waals surface area contributed by atoms with E-state index < -0.39 is 8.07 Å². The van der Waals surface area contributed by atoms with E-state index in [0.717, 1.165) is 19.5 Å². The quantitative estimate of drug-likeness (QED) is 0.604. The van der Waals surface area contributed by atoms with Crippen molar-refractivity contribution in [3.63, 3.8) is 0 Å². The minimum absolute atomic E-state index is 0.911. The molecule has 0 saturated carbocycles. The van der Waals surface area contributed by atoms with Crippen LogP contribution in [0.5, 0.6) is 0 Å². The Morgan fingerprint density at radius 3 is 2.81 bits per heavy atom. The summed E-state index contributed by atoms with van der Waals surface area (Å²) in [6.45, 7) is 9.01. The topological polar surface area (TPSA) is 24.9 Å². The van der Waals surface area contributed by atoms with E-state index in [9.17, 15) is 0 Å². The van der Waals surface area contributed by atoms with Crippen LogP contribution in [0.3, 0.4) is 0 Å². The molecular formula is C13H22N2Si. The predicted octanol–water partition coefficient (Wildman–Crippen LogP) is 2.99. The maximum Gasteiger partial charge on any atom is 0.0682 e. The van der Waals surface area contributed by atoms with Gasteiger partial charge in [0, 0.05) is 18.9 Å². The lowest BCUT2D eigenvalue weighted by molar-refractivity contribution is 0.694. The first-order valence-electron chi connectivity index (χ1n) is 5.85. The summed E-state index contributed by atoms with van der Waals surface area (Å²) >= 11 is 0. The lowest BCUT2D eigenvalue weighted by atomic mass is 10.3. The van der Waals surface area contributed by atoms with Gasteiger partial charge < -0.3 is 5.32 Å². The third-order valence-electron chi connectivity index (χ3n) is 2.16. The van der Waals surface area contributed by atoms with Crippen molar-refractivity contribution in [2.24, 2.45) is 0 Å². The van der Waals surface area contributed by atoms with Crippen LogP contribution in [0.2, 0.25) is 19.6 Å². The van der Waals surface area contributed by atoms with Gasteiger partial charge in [-0.1, -0.05) is 37.5 Å². The zero-order valence-electron chi connectivity index (χ0n) is 10.5. The van der Waals surface area contributed by atoms with Gasteiger partial charge in [0.05, 0.1) is 8.07 Å². The van der Waals surface area contributed by atoms with E-state index in [2.05, 4.69) is 47.8 Å². The van der Waals surface area contributed by atoms with Gasteiger partial charge in [-0.15, -0.1) is 0 Å². The molecule has 0 unspecified atom stereocenters. The average Bonchev–Trinajstić information content (AvgIpc) is 2.23. The molecule has 0 atom stereocenters. The van der Waals surface area contributed by atoms with Crippen molar-refractivity contribution in [1.82, 2.24) is 10.3 Å². The van der Waals surface area contributed by atoms with Crippen LogP contribution in [0.15, 0.2) is 36.3 Å². The highest BCUT2D eigenvalue weighted by atomic mass is 28.3. The monoisotopic (exact) mass is 234 g/mol. The summed E-state index contributed by atoms with van der Waals surface area (Å²) < 4.78 is 0. The van der Waals surface area contributed by atoms with Gasteiger partial charge in [-0.05, 0) is 24.6 Å². The maximum atomic E-state index is 4.08. The van der Waals surface area contributed by atoms with Gasteiger partial charge in [-0.2, -0.15) is 0 Å². The second-order valence-electron chi connectivity index (χ2n) is 5.10. The molecule has 16 heavy (non-hydrogen) atoms. The van der Waals surface area contributed by atoms with Crippen LogP contribution in [0.4, 0.5) is 0 Å². The molecule has 0 aliphatic heterocycles. The van der Waals surface area contributed by atoms with Gasteiger partial charge >= 0.3 is 0 Å². The first-order valence-corrected chi connectivity index (χ1v) is 9.43. The molecule has 1 rings (SSSR count). The first-order chi connectivity index (χ1) is 7.58. The minimum atomic E-state index is -1.000. The van der Waals surface area contributed by atoms with Gasteiger partial charge in [0.1, 0.15) is 0 Å². The van der Waals surface area contributed by atoms with E-state index in [1.807, 2.05) is 12.3 Å². The highest BCUT2D eigenvalue weighted by Gasteiger charge is 2.05. The van der Waals surface area contributed by atoms with Crippen LogP contribution < -0.4 is 5.32 Å². The fourth-order valence-electron chi connectivity index (χ4n) is 1.36. The lowest BCUT2D eigenvalue weighted by Crippen LogP contribution is -2.17. The Morgan fingerprint density at radius 2 is 2.19 bits per heavy atom. The fourth-order valence-corrected chi connectivity index (χ4v) is 2.23. The van der Waals surface area contributed by atoms with Crippen molar-refractivity contribution in [1.29, 1.82) is 0 Å². The van der Waals surface area contributed by atoms with Gasteiger partial charge in [0.25, 0.3) is 0 Å². The van der Waals surface area contributed by atoms with Crippen LogP contribution in [0.25, 0.3) is 0 Å². The number of hydrogen-bond donors (Lipinski definition) is 1. The van der Waals surface area contributed by atoms with Crippen molar-refractivity contribution in [3.8, 4) is 0 Å². The zero-order valence-corrected chi connectivity index (χ0v) is 11.5. The Hall–Kier alpha value is -0.933. The van der Waals surface area contributed by atoms with Crippen molar-refractivity contribution in [2.45, 2.75) is 32.6 Å². The summed E-state index contributed by atoms with van der Waals surface area (Å²) in [4.78, 5) is 4.08. The molecule has 0 aromatic carbocycles. The summed E-state index contributed by atoms with van der Waals surface area (Å²) in [5.74, 6) is 0. The number of aromatic nitrogens is 1. The van der Waals surface area contributed by atoms with E-state index in [1.165, 1.54) is 5.56 Å². The van der Waals surface area contributed by atoms with Gasteiger partial charge in [-0.25, -0.2) is 0 Å². The molecule has 1 N–H and O–H groups in total. The van der Waals surface area contributed by atoms with E-state index in [4.69, 9.17) is 0 Å². The Bertz CT molecular complexity index is 314. The lowest BCUT2D eigenvalue weighted by Gasteiger charge is -2.08. The molecule has 0 radical (unpaired) electrons. The van der Waals surface area contributed by atoms with E-state index in [1.54, 1.807) is 6.20 Å². The molecule has 0 amide bonds. The molecule has 0 spiro atoms. The molecule has 88 valence electrons. The molecule has 0 aliphatic carbocycles. The summed E-state index contributed by atoms with van der Waals surface area (Å²) in [5, 5.41) is 3.41. The number of rotatable bonds is 6. The van der Waals surface area contributed by atoms with Crippen molar-refractivity contribution >= 4 is 8.07 Å². The van der Waals surface area contributed by atoms with Crippen molar-refractivity contribution in [2.75, 3.05) is 6.54 Å². The third kappa shape index (κ3) is 6.53. The van der Waals surface area contributed by atoms with Crippen molar-refractivity contribution < 1.29 is 0 Å². The minimum Gasteiger partial charge on any atom is -0.312 e. The van der Waals surface area contributed by atoms with Gasteiger partial charge in [-0.3, -0.25) is 4.98 Å². The van der Waals surface area contributed by atoms with Crippen LogP contribution in [-0.2, 0) is 6.54 Å². The summed E-state index contributed by atoms with van der Waals surface area (Å²) in [7, 11) is -1.000. The highest BCUT2D eigenvalue weighted by molar-refractivity contribution is 6.80. The van der Waals surface area contributed by atoms with Crippen LogP contribution in [0, 0.1) is 0 Å². The zero-order chi connectivity index (χ0) is 11.9. The average molecular weight is 234 g/mol. The molecule has 1 heterocycles. The molecule has 0 bridgehead atoms. The molecule has 1 aromatic rings. The molecule has 0 aliphatic rings. The van der Waals surface area contributed by atoms with E-state index in [-0.39, 0.29) is 0 Å². The van der Waals surface area contributed by atoms with E-state index in [0.29, 0.717) is 0 Å². The molecule has 0 fully saturated rings. The summed E-state index contributed by atoms with van der Waals surface area (Å²) in [6.07, 6.45) is 7.14. The Labute approximate surface area is 99.8 Å². The summed E-state index contributed by atoms with van der Waals surface area (Å²) in [6, 6.07) is 4.07. The van der Waals surface area contributed by atoms with Crippen LogP contribution in [-0.4, -0.2) is 19.6 Å². The van der Waals surface area contributed by atoms with E-state index >= 15 is 0 Å². The molecular weight excluding hydrogens is 212 g/mol. The predicted molar refractivity (Wildman–Crippen MR) is 73.0 cm³/mol. The Balaban J connectivity index is 2.11. The third-order valence-corrected chi connectivity index (χ3v) is 3.39. The highest BCUT2D eigenvalue weighted by Crippen LogP contribution is 2.02. The Morgan fingerprint density at radius 1 is 1.38 bits per heavy atom. The number of hydrogen-bond acceptors (Lipinski definition) is 2. The molecule has 2 nitrogen and oxygen atoms in total. The van der Waals surface area contributed by atoms with Crippen molar-refractivity contribution in [3.05, 3.63) is 41.9 Å². The summed E-state index contributed by atoms with van der Waals surface area (Å²) in [5.41, 5.74) is 3.65. The number of nitrogens with one attached hydrogen (secondary N) is 1. The smallest absolute Gasteiger partial charge is 0.0682 e. The second kappa shape index (κ2) is 6.61. The van der Waals surface area contributed by atoms with Gasteiger partial charge in [0.15, 0.2) is 0 Å². The fraction of sp³-hybridized carbons (Fsp3) is 0.462. The SMILES string of the molecule is C[Si](C)(C)/C=C\CCNCc1cccnc1. The molecule has 3 heteroatoms. The molecule has 0 saturated heterocycles. The Kier molecular flexibility index (Phi) is 5.42. The van der Waals surface area contributed by atoms with Gasteiger partial charge in [0.2, 0.25) is 0 Å². The van der Waals surface area contributed by atoms with Crippen LogP contribution in [0.1, 0.15) is 12.0 Å². The standard InChI is InChI=1S/C13H22N2Si/c1-16(2,3)10-5-4-8-14-11-13-7-6-9-15-12-13/h5-7,9-10,12,14H,4,8,11H2,1-3H3/b10-5-. The first kappa shape index (κ1) is 13.1. The normalized spacial score (nSPS) is 12.2. The number of nitrogens with zero attached hydrogens (tertiary/aromatic N) is 1. The molecule has 1 aromatic heterocycles. The van der Waals surface area contributed by atoms with Crippen LogP contribution >= 0.6 is 0 Å². The maximum absolute atomic E-state index is 4.08. The largest absolute Gasteiger partial charge is 0.312 e. The second-order valence-corrected chi connectivity index (χ2v) is 10.2. The number of pyridine rings is 1.